The fraction of sp³-hybridized carbons (Fsp3) is 0.167. The maximum atomic E-state index is 12.3. The number of carbonyl (C=O) groups is 1. The molecule has 2 aromatic carbocycles. The summed E-state index contributed by atoms with van der Waals surface area (Å²) in [6.07, 6.45) is 0.122. The molecule has 0 radical (unpaired) electrons. The van der Waals surface area contributed by atoms with Crippen LogP contribution in [0.4, 0.5) is 5.69 Å². The van der Waals surface area contributed by atoms with E-state index in [9.17, 15) is 4.79 Å². The van der Waals surface area contributed by atoms with Gasteiger partial charge in [-0.25, -0.2) is 0 Å². The largest absolute Gasteiger partial charge is 0.491 e. The van der Waals surface area contributed by atoms with Crippen molar-refractivity contribution < 1.29 is 9.53 Å². The van der Waals surface area contributed by atoms with Crippen molar-refractivity contribution in [3.8, 4) is 5.75 Å². The van der Waals surface area contributed by atoms with Crippen LogP contribution in [-0.4, -0.2) is 12.0 Å². The second-order valence-corrected chi connectivity index (χ2v) is 6.27. The lowest BCUT2D eigenvalue weighted by Crippen LogP contribution is -2.12. The van der Waals surface area contributed by atoms with Gasteiger partial charge in [-0.1, -0.05) is 0 Å². The van der Waals surface area contributed by atoms with E-state index in [-0.39, 0.29) is 12.0 Å². The zero-order valence-electron chi connectivity index (χ0n) is 12.5. The van der Waals surface area contributed by atoms with Crippen LogP contribution >= 0.6 is 11.3 Å². The van der Waals surface area contributed by atoms with Crippen LogP contribution in [0.15, 0.2) is 53.9 Å². The van der Waals surface area contributed by atoms with Gasteiger partial charge in [0.25, 0.3) is 5.91 Å². The average Bonchev–Trinajstić information content (AvgIpc) is 2.95. The Morgan fingerprint density at radius 1 is 1.09 bits per heavy atom. The summed E-state index contributed by atoms with van der Waals surface area (Å²) in [7, 11) is 0. The first kappa shape index (κ1) is 14.6. The van der Waals surface area contributed by atoms with E-state index in [1.807, 2.05) is 55.6 Å². The molecule has 1 N–H and O–H groups in total. The summed E-state index contributed by atoms with van der Waals surface area (Å²) >= 11 is 1.69. The third-order valence-corrected chi connectivity index (χ3v) is 4.10. The van der Waals surface area contributed by atoms with Gasteiger partial charge >= 0.3 is 0 Å². The Hall–Kier alpha value is -2.33. The van der Waals surface area contributed by atoms with Crippen LogP contribution in [0.5, 0.6) is 5.75 Å². The number of anilines is 1. The highest BCUT2D eigenvalue weighted by molar-refractivity contribution is 7.17. The molecule has 1 aromatic heterocycles. The van der Waals surface area contributed by atoms with Gasteiger partial charge in [0.2, 0.25) is 0 Å². The first-order valence-corrected chi connectivity index (χ1v) is 8.05. The molecule has 0 unspecified atom stereocenters. The third kappa shape index (κ3) is 3.28. The van der Waals surface area contributed by atoms with Crippen LogP contribution in [-0.2, 0) is 0 Å². The number of hydrogen-bond donors (Lipinski definition) is 1. The summed E-state index contributed by atoms with van der Waals surface area (Å²) in [4.78, 5) is 12.3. The van der Waals surface area contributed by atoms with Crippen molar-refractivity contribution in [2.45, 2.75) is 20.0 Å². The SMILES string of the molecule is CC(C)Oc1ccc(C(=O)Nc2ccc3sccc3c2)cc1. The fourth-order valence-electron chi connectivity index (χ4n) is 2.20. The lowest BCUT2D eigenvalue weighted by Gasteiger charge is -2.10. The lowest BCUT2D eigenvalue weighted by atomic mass is 10.2. The number of carbonyl (C=O) groups excluding carboxylic acids is 1. The Kier molecular flexibility index (Phi) is 4.11. The number of thiophene rings is 1. The van der Waals surface area contributed by atoms with Crippen molar-refractivity contribution in [1.82, 2.24) is 0 Å². The van der Waals surface area contributed by atoms with E-state index >= 15 is 0 Å². The van der Waals surface area contributed by atoms with Crippen LogP contribution < -0.4 is 10.1 Å². The van der Waals surface area contributed by atoms with Gasteiger partial charge in [-0.2, -0.15) is 0 Å². The van der Waals surface area contributed by atoms with Gasteiger partial charge in [0.1, 0.15) is 5.75 Å². The molecule has 3 aromatic rings. The van der Waals surface area contributed by atoms with Crippen molar-refractivity contribution in [2.75, 3.05) is 5.32 Å². The quantitative estimate of drug-likeness (QED) is 0.741. The van der Waals surface area contributed by atoms with Crippen molar-refractivity contribution in [3.05, 3.63) is 59.5 Å². The van der Waals surface area contributed by atoms with E-state index in [0.717, 1.165) is 16.8 Å². The Labute approximate surface area is 133 Å². The van der Waals surface area contributed by atoms with Gasteiger partial charge in [0, 0.05) is 16.0 Å². The van der Waals surface area contributed by atoms with Gasteiger partial charge in [0.05, 0.1) is 6.10 Å². The van der Waals surface area contributed by atoms with Crippen molar-refractivity contribution in [2.24, 2.45) is 0 Å². The number of hydrogen-bond acceptors (Lipinski definition) is 3. The number of rotatable bonds is 4. The van der Waals surface area contributed by atoms with Crippen LogP contribution in [0.2, 0.25) is 0 Å². The Bertz CT molecular complexity index is 790. The summed E-state index contributed by atoms with van der Waals surface area (Å²) in [5, 5.41) is 6.11. The summed E-state index contributed by atoms with van der Waals surface area (Å²) in [5.74, 6) is 0.650. The highest BCUT2D eigenvalue weighted by Crippen LogP contribution is 2.24. The Morgan fingerprint density at radius 2 is 1.86 bits per heavy atom. The first-order valence-electron chi connectivity index (χ1n) is 7.17. The monoisotopic (exact) mass is 311 g/mol. The van der Waals surface area contributed by atoms with Crippen molar-refractivity contribution in [1.29, 1.82) is 0 Å². The normalized spacial score (nSPS) is 10.9. The highest BCUT2D eigenvalue weighted by Gasteiger charge is 2.07. The van der Waals surface area contributed by atoms with Gasteiger partial charge in [-0.05, 0) is 73.1 Å². The van der Waals surface area contributed by atoms with Gasteiger partial charge < -0.3 is 10.1 Å². The molecule has 0 saturated carbocycles. The molecule has 1 amide bonds. The molecule has 0 saturated heterocycles. The number of amides is 1. The molecule has 112 valence electrons. The molecule has 3 rings (SSSR count). The first-order chi connectivity index (χ1) is 10.6. The van der Waals surface area contributed by atoms with Gasteiger partial charge in [-0.15, -0.1) is 11.3 Å². The van der Waals surface area contributed by atoms with Crippen molar-refractivity contribution in [3.63, 3.8) is 0 Å². The number of ether oxygens (including phenoxy) is 1. The topological polar surface area (TPSA) is 38.3 Å². The summed E-state index contributed by atoms with van der Waals surface area (Å²) in [5.41, 5.74) is 1.42. The Balaban J connectivity index is 1.73. The predicted molar refractivity (Wildman–Crippen MR) is 92.0 cm³/mol. The van der Waals surface area contributed by atoms with Crippen LogP contribution in [0.25, 0.3) is 10.1 Å². The van der Waals surface area contributed by atoms with E-state index < -0.39 is 0 Å². The average molecular weight is 311 g/mol. The predicted octanol–water partition coefficient (Wildman–Crippen LogP) is 4.94. The molecular formula is C18H17NO2S. The molecule has 0 aliphatic heterocycles. The second kappa shape index (κ2) is 6.20. The molecule has 1 heterocycles. The number of benzene rings is 2. The smallest absolute Gasteiger partial charge is 0.255 e. The molecule has 22 heavy (non-hydrogen) atoms. The minimum atomic E-state index is -0.120. The maximum absolute atomic E-state index is 12.3. The molecule has 0 aliphatic rings. The second-order valence-electron chi connectivity index (χ2n) is 5.32. The van der Waals surface area contributed by atoms with Crippen LogP contribution in [0, 0.1) is 0 Å². The zero-order valence-corrected chi connectivity index (χ0v) is 13.3. The van der Waals surface area contributed by atoms with Crippen molar-refractivity contribution >= 4 is 33.0 Å². The summed E-state index contributed by atoms with van der Waals surface area (Å²) < 4.78 is 6.79. The fourth-order valence-corrected chi connectivity index (χ4v) is 2.98. The minimum Gasteiger partial charge on any atom is -0.491 e. The van der Waals surface area contributed by atoms with E-state index in [2.05, 4.69) is 5.32 Å². The molecule has 4 heteroatoms. The molecule has 3 nitrogen and oxygen atoms in total. The van der Waals surface area contributed by atoms with Gasteiger partial charge in [-0.3, -0.25) is 4.79 Å². The van der Waals surface area contributed by atoms with E-state index in [1.54, 1.807) is 23.5 Å². The number of fused-ring (bicyclic) bond motifs is 1. The summed E-state index contributed by atoms with van der Waals surface area (Å²) in [6.45, 7) is 3.95. The highest BCUT2D eigenvalue weighted by atomic mass is 32.1. The van der Waals surface area contributed by atoms with Gasteiger partial charge in [0.15, 0.2) is 0 Å². The Morgan fingerprint density at radius 3 is 2.59 bits per heavy atom. The molecule has 0 atom stereocenters. The maximum Gasteiger partial charge on any atom is 0.255 e. The molecular weight excluding hydrogens is 294 g/mol. The van der Waals surface area contributed by atoms with E-state index in [4.69, 9.17) is 4.74 Å². The van der Waals surface area contributed by atoms with E-state index in [0.29, 0.717) is 5.56 Å². The minimum absolute atomic E-state index is 0.120. The molecule has 0 aliphatic carbocycles. The number of nitrogens with one attached hydrogen (secondary N) is 1. The lowest BCUT2D eigenvalue weighted by molar-refractivity contribution is 0.102. The molecule has 0 fully saturated rings. The summed E-state index contributed by atoms with van der Waals surface area (Å²) in [6, 6.07) is 15.2. The third-order valence-electron chi connectivity index (χ3n) is 3.20. The zero-order chi connectivity index (χ0) is 15.5. The van der Waals surface area contributed by atoms with E-state index in [1.165, 1.54) is 4.70 Å². The van der Waals surface area contributed by atoms with Crippen LogP contribution in [0.3, 0.4) is 0 Å². The molecule has 0 spiro atoms. The molecule has 0 bridgehead atoms. The van der Waals surface area contributed by atoms with Crippen LogP contribution in [0.1, 0.15) is 24.2 Å². The standard InChI is InChI=1S/C18H17NO2S/c1-12(2)21-16-6-3-13(4-7-16)18(20)19-15-5-8-17-14(11-15)9-10-22-17/h3-12H,1-2H3,(H,19,20).